The number of aliphatic hydroxyl groups is 2. The average Bonchev–Trinajstić information content (AvgIpc) is 2.66. The van der Waals surface area contributed by atoms with Crippen LogP contribution < -0.4 is 16.1 Å². The summed E-state index contributed by atoms with van der Waals surface area (Å²) < 4.78 is 0. The van der Waals surface area contributed by atoms with Gasteiger partial charge in [0.25, 0.3) is 0 Å². The van der Waals surface area contributed by atoms with E-state index in [1.54, 1.807) is 5.48 Å². The maximum Gasteiger partial charge on any atom is 0.243 e. The fourth-order valence-corrected chi connectivity index (χ4v) is 2.01. The summed E-state index contributed by atoms with van der Waals surface area (Å²) in [6.07, 6.45) is 4.13. The lowest BCUT2D eigenvalue weighted by Crippen LogP contribution is -2.21. The minimum atomic E-state index is -0.359. The van der Waals surface area contributed by atoms with Crippen molar-refractivity contribution in [1.82, 2.24) is 10.8 Å². The molecule has 0 spiro atoms. The molecule has 148 valence electrons. The zero-order valence-electron chi connectivity index (χ0n) is 15.1. The van der Waals surface area contributed by atoms with Crippen LogP contribution in [0.5, 0.6) is 0 Å². The van der Waals surface area contributed by atoms with Gasteiger partial charge >= 0.3 is 0 Å². The van der Waals surface area contributed by atoms with Crippen molar-refractivity contribution in [3.63, 3.8) is 0 Å². The highest BCUT2D eigenvalue weighted by atomic mass is 16.5. The standard InChI is InChI=1S/C14H20N2O3.C4H11NO2/c17-13(15-12-8-4-3-5-9-12)10-6-1-2-7-11-14(18)16-19;6-3-1-5-2-4-7/h3-5,8-9,19H,1-2,6-7,10-11H2,(H,15,17)(H,16,18);5-7H,1-4H2. The van der Waals surface area contributed by atoms with Crippen LogP contribution in [0.4, 0.5) is 5.69 Å². The number of hydrogen-bond donors (Lipinski definition) is 6. The molecule has 0 fully saturated rings. The molecule has 8 nitrogen and oxygen atoms in total. The van der Waals surface area contributed by atoms with Gasteiger partial charge in [0.15, 0.2) is 0 Å². The average molecular weight is 369 g/mol. The maximum atomic E-state index is 11.6. The first-order valence-electron chi connectivity index (χ1n) is 8.84. The van der Waals surface area contributed by atoms with Gasteiger partial charge in [0.1, 0.15) is 0 Å². The zero-order chi connectivity index (χ0) is 19.5. The third kappa shape index (κ3) is 15.5. The second kappa shape index (κ2) is 17.8. The van der Waals surface area contributed by atoms with Crippen LogP contribution in [0.3, 0.4) is 0 Å². The van der Waals surface area contributed by atoms with E-state index in [-0.39, 0.29) is 25.0 Å². The third-order valence-electron chi connectivity index (χ3n) is 3.32. The number of aliphatic hydroxyl groups excluding tert-OH is 2. The summed E-state index contributed by atoms with van der Waals surface area (Å²) in [6, 6.07) is 9.36. The molecule has 0 aromatic heterocycles. The second-order valence-corrected chi connectivity index (χ2v) is 5.56. The summed E-state index contributed by atoms with van der Waals surface area (Å²) in [5.41, 5.74) is 2.41. The summed E-state index contributed by atoms with van der Waals surface area (Å²) >= 11 is 0. The predicted octanol–water partition coefficient (Wildman–Crippen LogP) is 1.03. The number of rotatable bonds is 12. The van der Waals surface area contributed by atoms with Crippen molar-refractivity contribution in [3.05, 3.63) is 30.3 Å². The summed E-state index contributed by atoms with van der Waals surface area (Å²) in [4.78, 5) is 22.3. The number of carbonyl (C=O) groups excluding carboxylic acids is 2. The highest BCUT2D eigenvalue weighted by Gasteiger charge is 2.02. The van der Waals surface area contributed by atoms with Crippen LogP contribution in [0, 0.1) is 0 Å². The topological polar surface area (TPSA) is 131 Å². The molecule has 1 aromatic rings. The van der Waals surface area contributed by atoms with E-state index in [0.29, 0.717) is 25.9 Å². The van der Waals surface area contributed by atoms with Crippen LogP contribution in [-0.4, -0.2) is 53.5 Å². The summed E-state index contributed by atoms with van der Waals surface area (Å²) in [5.74, 6) is -0.346. The fourth-order valence-electron chi connectivity index (χ4n) is 2.01. The maximum absolute atomic E-state index is 11.6. The first-order valence-corrected chi connectivity index (χ1v) is 8.84. The molecule has 1 rings (SSSR count). The molecule has 0 bridgehead atoms. The number of amides is 2. The van der Waals surface area contributed by atoms with E-state index < -0.39 is 0 Å². The van der Waals surface area contributed by atoms with E-state index in [1.807, 2.05) is 30.3 Å². The monoisotopic (exact) mass is 369 g/mol. The number of hydrogen-bond acceptors (Lipinski definition) is 6. The van der Waals surface area contributed by atoms with Crippen LogP contribution in [-0.2, 0) is 9.59 Å². The van der Waals surface area contributed by atoms with E-state index in [2.05, 4.69) is 10.6 Å². The summed E-state index contributed by atoms with van der Waals surface area (Å²) in [7, 11) is 0. The molecule has 0 aliphatic rings. The van der Waals surface area contributed by atoms with Crippen molar-refractivity contribution >= 4 is 17.5 Å². The fraction of sp³-hybridized carbons (Fsp3) is 0.556. The third-order valence-corrected chi connectivity index (χ3v) is 3.32. The van der Waals surface area contributed by atoms with Crippen molar-refractivity contribution in [2.24, 2.45) is 0 Å². The molecule has 0 atom stereocenters. The van der Waals surface area contributed by atoms with Crippen LogP contribution >= 0.6 is 0 Å². The largest absolute Gasteiger partial charge is 0.395 e. The zero-order valence-corrected chi connectivity index (χ0v) is 15.1. The SMILES string of the molecule is O=C(CCCCCCC(=O)Nc1ccccc1)NO.OCCNCCO. The lowest BCUT2D eigenvalue weighted by molar-refractivity contribution is -0.129. The molecule has 26 heavy (non-hydrogen) atoms. The predicted molar refractivity (Wildman–Crippen MR) is 99.7 cm³/mol. The van der Waals surface area contributed by atoms with Crippen molar-refractivity contribution in [3.8, 4) is 0 Å². The van der Waals surface area contributed by atoms with Gasteiger partial charge in [-0.25, -0.2) is 5.48 Å². The molecule has 0 aliphatic heterocycles. The van der Waals surface area contributed by atoms with Crippen LogP contribution in [0.25, 0.3) is 0 Å². The Morgan fingerprint density at radius 1 is 0.808 bits per heavy atom. The van der Waals surface area contributed by atoms with E-state index >= 15 is 0 Å². The molecular formula is C18H31N3O5. The Labute approximate surface area is 154 Å². The van der Waals surface area contributed by atoms with Gasteiger partial charge < -0.3 is 20.8 Å². The molecule has 2 amide bonds. The summed E-state index contributed by atoms with van der Waals surface area (Å²) in [6.45, 7) is 1.42. The van der Waals surface area contributed by atoms with Crippen molar-refractivity contribution in [2.75, 3.05) is 31.6 Å². The molecule has 6 N–H and O–H groups in total. The van der Waals surface area contributed by atoms with Crippen molar-refractivity contribution < 1.29 is 25.0 Å². The lowest BCUT2D eigenvalue weighted by Gasteiger charge is -2.04. The van der Waals surface area contributed by atoms with Gasteiger partial charge in [-0.1, -0.05) is 31.0 Å². The minimum Gasteiger partial charge on any atom is -0.395 e. The molecule has 0 saturated carbocycles. The molecule has 0 aliphatic carbocycles. The van der Waals surface area contributed by atoms with Gasteiger partial charge in [0.05, 0.1) is 13.2 Å². The minimum absolute atomic E-state index is 0.0132. The Kier molecular flexibility index (Phi) is 16.4. The van der Waals surface area contributed by atoms with E-state index in [9.17, 15) is 9.59 Å². The summed E-state index contributed by atoms with van der Waals surface area (Å²) in [5, 5.41) is 30.2. The Balaban J connectivity index is 0.000000758. The first-order chi connectivity index (χ1) is 12.6. The number of hydroxylamine groups is 1. The Hall–Kier alpha value is -2.00. The number of carbonyl (C=O) groups is 2. The van der Waals surface area contributed by atoms with Gasteiger partial charge in [0.2, 0.25) is 11.8 Å². The highest BCUT2D eigenvalue weighted by molar-refractivity contribution is 5.90. The van der Waals surface area contributed by atoms with Gasteiger partial charge in [-0.05, 0) is 25.0 Å². The van der Waals surface area contributed by atoms with Crippen LogP contribution in [0.1, 0.15) is 38.5 Å². The second-order valence-electron chi connectivity index (χ2n) is 5.56. The molecule has 1 aromatic carbocycles. The van der Waals surface area contributed by atoms with E-state index in [1.165, 1.54) is 0 Å². The van der Waals surface area contributed by atoms with E-state index in [4.69, 9.17) is 15.4 Å². The smallest absolute Gasteiger partial charge is 0.243 e. The molecular weight excluding hydrogens is 338 g/mol. The molecule has 0 saturated heterocycles. The number of anilines is 1. The quantitative estimate of drug-likeness (QED) is 0.185. The van der Waals surface area contributed by atoms with Gasteiger partial charge in [0, 0.05) is 31.6 Å². The van der Waals surface area contributed by atoms with Crippen LogP contribution in [0.15, 0.2) is 30.3 Å². The molecule has 0 heterocycles. The van der Waals surface area contributed by atoms with Crippen LogP contribution in [0.2, 0.25) is 0 Å². The number of unbranched alkanes of at least 4 members (excludes halogenated alkanes) is 3. The number of para-hydroxylation sites is 1. The van der Waals surface area contributed by atoms with Crippen molar-refractivity contribution in [1.29, 1.82) is 0 Å². The normalized spacial score (nSPS) is 9.81. The first kappa shape index (κ1) is 24.0. The molecule has 0 unspecified atom stereocenters. The number of nitrogens with one attached hydrogen (secondary N) is 3. The Bertz CT molecular complexity index is 467. The Morgan fingerprint density at radius 2 is 1.35 bits per heavy atom. The highest BCUT2D eigenvalue weighted by Crippen LogP contribution is 2.09. The molecule has 8 heteroatoms. The van der Waals surface area contributed by atoms with Gasteiger partial charge in [-0.3, -0.25) is 14.8 Å². The van der Waals surface area contributed by atoms with E-state index in [0.717, 1.165) is 31.4 Å². The van der Waals surface area contributed by atoms with Gasteiger partial charge in [-0.15, -0.1) is 0 Å². The Morgan fingerprint density at radius 3 is 1.85 bits per heavy atom. The van der Waals surface area contributed by atoms with Gasteiger partial charge in [-0.2, -0.15) is 0 Å². The number of benzene rings is 1. The van der Waals surface area contributed by atoms with Crippen molar-refractivity contribution in [2.45, 2.75) is 38.5 Å². The molecule has 0 radical (unpaired) electrons. The lowest BCUT2D eigenvalue weighted by atomic mass is 10.1.